The highest BCUT2D eigenvalue weighted by molar-refractivity contribution is 5.95. The van der Waals surface area contributed by atoms with Crippen LogP contribution in [0.2, 0.25) is 0 Å². The van der Waals surface area contributed by atoms with Crippen LogP contribution in [-0.4, -0.2) is 30.1 Å². The van der Waals surface area contributed by atoms with E-state index in [1.807, 2.05) is 24.3 Å². The number of rotatable bonds is 6. The summed E-state index contributed by atoms with van der Waals surface area (Å²) in [6, 6.07) is 7.36. The van der Waals surface area contributed by atoms with E-state index in [4.69, 9.17) is 9.84 Å². The molecule has 0 aliphatic carbocycles. The van der Waals surface area contributed by atoms with Gasteiger partial charge in [-0.05, 0) is 25.0 Å². The predicted molar refractivity (Wildman–Crippen MR) is 70.4 cm³/mol. The van der Waals surface area contributed by atoms with Crippen molar-refractivity contribution in [1.82, 2.24) is 0 Å². The van der Waals surface area contributed by atoms with Crippen LogP contribution in [0.5, 0.6) is 5.75 Å². The van der Waals surface area contributed by atoms with Gasteiger partial charge >= 0.3 is 5.97 Å². The van der Waals surface area contributed by atoms with E-state index in [0.717, 1.165) is 18.7 Å². The van der Waals surface area contributed by atoms with Gasteiger partial charge in [0.05, 0.1) is 6.61 Å². The van der Waals surface area contributed by atoms with E-state index in [1.54, 1.807) is 4.90 Å². The molecule has 1 aromatic carbocycles. The second-order valence-electron chi connectivity index (χ2n) is 4.49. The summed E-state index contributed by atoms with van der Waals surface area (Å²) in [5, 5.41) is 8.53. The summed E-state index contributed by atoms with van der Waals surface area (Å²) >= 11 is 0. The lowest BCUT2D eigenvalue weighted by Gasteiger charge is -2.16. The van der Waals surface area contributed by atoms with Gasteiger partial charge in [0.2, 0.25) is 5.91 Å². The number of carbonyl (C=O) groups excluding carboxylic acids is 1. The molecule has 19 heavy (non-hydrogen) atoms. The Labute approximate surface area is 111 Å². The number of hydrogen-bond donors (Lipinski definition) is 1. The zero-order valence-corrected chi connectivity index (χ0v) is 10.7. The fraction of sp³-hybridized carbons (Fsp3) is 0.429. The molecule has 1 saturated heterocycles. The molecule has 102 valence electrons. The van der Waals surface area contributed by atoms with Crippen molar-refractivity contribution < 1.29 is 19.4 Å². The number of benzene rings is 1. The van der Waals surface area contributed by atoms with Crippen LogP contribution in [0, 0.1) is 0 Å². The molecule has 0 saturated carbocycles. The molecule has 1 aliphatic rings. The zero-order valence-electron chi connectivity index (χ0n) is 10.7. The van der Waals surface area contributed by atoms with E-state index >= 15 is 0 Å². The van der Waals surface area contributed by atoms with Gasteiger partial charge in [0.15, 0.2) is 0 Å². The third-order valence-electron chi connectivity index (χ3n) is 3.01. The van der Waals surface area contributed by atoms with Crippen LogP contribution in [0.15, 0.2) is 24.3 Å². The number of hydrogen-bond acceptors (Lipinski definition) is 3. The monoisotopic (exact) mass is 263 g/mol. The second-order valence-corrected chi connectivity index (χ2v) is 4.49. The molecule has 1 aromatic rings. The van der Waals surface area contributed by atoms with Crippen LogP contribution < -0.4 is 9.64 Å². The number of nitrogens with zero attached hydrogens (tertiary/aromatic N) is 1. The number of aliphatic carboxylic acids is 1. The molecule has 0 aromatic heterocycles. The molecule has 5 nitrogen and oxygen atoms in total. The lowest BCUT2D eigenvalue weighted by atomic mass is 10.2. The Balaban J connectivity index is 1.91. The molecule has 1 aliphatic heterocycles. The van der Waals surface area contributed by atoms with Gasteiger partial charge < -0.3 is 14.7 Å². The summed E-state index contributed by atoms with van der Waals surface area (Å²) < 4.78 is 5.49. The zero-order chi connectivity index (χ0) is 13.7. The largest absolute Gasteiger partial charge is 0.494 e. The quantitative estimate of drug-likeness (QED) is 0.798. The summed E-state index contributed by atoms with van der Waals surface area (Å²) in [7, 11) is 0. The van der Waals surface area contributed by atoms with Crippen LogP contribution in [0.4, 0.5) is 5.69 Å². The van der Waals surface area contributed by atoms with Crippen molar-refractivity contribution in [2.75, 3.05) is 18.1 Å². The first-order chi connectivity index (χ1) is 9.16. The lowest BCUT2D eigenvalue weighted by Crippen LogP contribution is -2.23. The van der Waals surface area contributed by atoms with Gasteiger partial charge in [0.25, 0.3) is 0 Å². The Kier molecular flexibility index (Phi) is 4.39. The van der Waals surface area contributed by atoms with E-state index in [1.165, 1.54) is 0 Å². The Morgan fingerprint density at radius 1 is 1.42 bits per heavy atom. The first-order valence-corrected chi connectivity index (χ1v) is 6.42. The van der Waals surface area contributed by atoms with E-state index in [2.05, 4.69) is 0 Å². The van der Waals surface area contributed by atoms with Gasteiger partial charge in [0.1, 0.15) is 5.75 Å². The maximum Gasteiger partial charge on any atom is 0.303 e. The molecule has 5 heteroatoms. The highest BCUT2D eigenvalue weighted by Crippen LogP contribution is 2.25. The maximum atomic E-state index is 11.6. The van der Waals surface area contributed by atoms with Crippen molar-refractivity contribution in [3.63, 3.8) is 0 Å². The molecule has 0 atom stereocenters. The molecule has 2 rings (SSSR count). The first-order valence-electron chi connectivity index (χ1n) is 6.42. The summed E-state index contributed by atoms with van der Waals surface area (Å²) in [5.41, 5.74) is 0.846. The van der Waals surface area contributed by atoms with Crippen molar-refractivity contribution >= 4 is 17.6 Å². The van der Waals surface area contributed by atoms with Crippen LogP contribution >= 0.6 is 0 Å². The number of carboxylic acid groups (broad SMARTS) is 1. The highest BCUT2D eigenvalue weighted by Gasteiger charge is 2.21. The second kappa shape index (κ2) is 6.22. The third-order valence-corrected chi connectivity index (χ3v) is 3.01. The molecule has 1 amide bonds. The molecule has 0 bridgehead atoms. The van der Waals surface area contributed by atoms with Crippen LogP contribution in [0.3, 0.4) is 0 Å². The number of anilines is 1. The number of amides is 1. The summed E-state index contributed by atoms with van der Waals surface area (Å²) in [5.74, 6) is -0.00868. The van der Waals surface area contributed by atoms with Crippen LogP contribution in [0.25, 0.3) is 0 Å². The Bertz CT molecular complexity index is 472. The van der Waals surface area contributed by atoms with Crippen molar-refractivity contribution in [3.8, 4) is 5.75 Å². The van der Waals surface area contributed by atoms with Gasteiger partial charge in [0, 0.05) is 31.1 Å². The Morgan fingerprint density at radius 2 is 2.26 bits per heavy atom. The number of carboxylic acids is 1. The van der Waals surface area contributed by atoms with Gasteiger partial charge in [-0.2, -0.15) is 0 Å². The van der Waals surface area contributed by atoms with Crippen molar-refractivity contribution in [1.29, 1.82) is 0 Å². The lowest BCUT2D eigenvalue weighted by molar-refractivity contribution is -0.137. The maximum absolute atomic E-state index is 11.6. The number of ether oxygens (including phenoxy) is 1. The van der Waals surface area contributed by atoms with E-state index in [9.17, 15) is 9.59 Å². The van der Waals surface area contributed by atoms with Gasteiger partial charge in [-0.1, -0.05) is 6.07 Å². The van der Waals surface area contributed by atoms with Crippen molar-refractivity contribution in [3.05, 3.63) is 24.3 Å². The molecule has 1 N–H and O–H groups in total. The normalized spacial score (nSPS) is 14.7. The van der Waals surface area contributed by atoms with Gasteiger partial charge in [-0.3, -0.25) is 9.59 Å². The Morgan fingerprint density at radius 3 is 2.95 bits per heavy atom. The van der Waals surface area contributed by atoms with E-state index < -0.39 is 5.97 Å². The SMILES string of the molecule is O=C(O)CCCOc1cccc(N2CCCC2=O)c1. The summed E-state index contributed by atoms with van der Waals surface area (Å²) in [6.45, 7) is 1.12. The molecular weight excluding hydrogens is 246 g/mol. The molecule has 0 spiro atoms. The number of carbonyl (C=O) groups is 2. The van der Waals surface area contributed by atoms with E-state index in [-0.39, 0.29) is 12.3 Å². The fourth-order valence-corrected chi connectivity index (χ4v) is 2.08. The predicted octanol–water partition coefficient (Wildman–Crippen LogP) is 2.06. The van der Waals surface area contributed by atoms with Gasteiger partial charge in [-0.25, -0.2) is 0 Å². The van der Waals surface area contributed by atoms with Crippen molar-refractivity contribution in [2.24, 2.45) is 0 Å². The van der Waals surface area contributed by atoms with Crippen molar-refractivity contribution in [2.45, 2.75) is 25.7 Å². The molecule has 0 unspecified atom stereocenters. The van der Waals surface area contributed by atoms with Crippen LogP contribution in [-0.2, 0) is 9.59 Å². The van der Waals surface area contributed by atoms with Gasteiger partial charge in [-0.15, -0.1) is 0 Å². The smallest absolute Gasteiger partial charge is 0.303 e. The first kappa shape index (κ1) is 13.4. The fourth-order valence-electron chi connectivity index (χ4n) is 2.08. The molecule has 1 heterocycles. The summed E-state index contributed by atoms with van der Waals surface area (Å²) in [4.78, 5) is 23.8. The minimum atomic E-state index is -0.819. The standard InChI is InChI=1S/C14H17NO4/c16-13-6-2-8-15(13)11-4-1-5-12(10-11)19-9-3-7-14(17)18/h1,4-5,10H,2-3,6-9H2,(H,17,18). The molecule has 0 radical (unpaired) electrons. The Hall–Kier alpha value is -2.04. The highest BCUT2D eigenvalue weighted by atomic mass is 16.5. The van der Waals surface area contributed by atoms with Crippen LogP contribution in [0.1, 0.15) is 25.7 Å². The van der Waals surface area contributed by atoms with E-state index in [0.29, 0.717) is 25.2 Å². The third kappa shape index (κ3) is 3.71. The molecule has 1 fully saturated rings. The average molecular weight is 263 g/mol. The minimum Gasteiger partial charge on any atom is -0.494 e. The minimum absolute atomic E-state index is 0.101. The topological polar surface area (TPSA) is 66.8 Å². The molecular formula is C14H17NO4. The average Bonchev–Trinajstić information content (AvgIpc) is 2.81. The summed E-state index contributed by atoms with van der Waals surface area (Å²) in [6.07, 6.45) is 2.07.